The lowest BCUT2D eigenvalue weighted by atomic mass is 9.83. The summed E-state index contributed by atoms with van der Waals surface area (Å²) in [5.41, 5.74) is 0. The van der Waals surface area contributed by atoms with Crippen LogP contribution in [0.25, 0.3) is 0 Å². The Hall–Kier alpha value is -0.610. The molecule has 1 saturated carbocycles. The molecular formula is C14H24N2O2. The molecule has 2 aliphatic heterocycles. The first-order valence-electron chi connectivity index (χ1n) is 7.32. The molecule has 3 aliphatic rings. The average Bonchev–Trinajstić information content (AvgIpc) is 2.48. The molecule has 4 nitrogen and oxygen atoms in total. The van der Waals surface area contributed by atoms with Crippen molar-refractivity contribution in [1.82, 2.24) is 9.80 Å². The van der Waals surface area contributed by atoms with Gasteiger partial charge in [0.05, 0.1) is 13.2 Å². The second kappa shape index (κ2) is 5.17. The number of rotatable bonds is 1. The Bertz CT molecular complexity index is 317. The van der Waals surface area contributed by atoms with Crippen molar-refractivity contribution in [2.24, 2.45) is 11.8 Å². The Balaban J connectivity index is 1.72. The number of hydrogen-bond donors (Lipinski definition) is 0. The normalized spacial score (nSPS) is 34.6. The summed E-state index contributed by atoms with van der Waals surface area (Å²) >= 11 is 0. The Morgan fingerprint density at radius 2 is 2.06 bits per heavy atom. The minimum Gasteiger partial charge on any atom is -0.379 e. The molecule has 2 atom stereocenters. The van der Waals surface area contributed by atoms with Gasteiger partial charge >= 0.3 is 0 Å². The fourth-order valence-electron chi connectivity index (χ4n) is 3.50. The number of carbonyl (C=O) groups is 1. The number of ether oxygens (including phenoxy) is 1. The topological polar surface area (TPSA) is 32.8 Å². The van der Waals surface area contributed by atoms with Crippen molar-refractivity contribution in [3.63, 3.8) is 0 Å². The van der Waals surface area contributed by atoms with E-state index in [4.69, 9.17) is 4.74 Å². The van der Waals surface area contributed by atoms with E-state index in [0.717, 1.165) is 52.1 Å². The second-order valence-corrected chi connectivity index (χ2v) is 6.11. The number of piperidine rings is 1. The minimum atomic E-state index is 0.323. The highest BCUT2D eigenvalue weighted by atomic mass is 16.5. The number of nitrogens with zero attached hydrogens (tertiary/aromatic N) is 2. The van der Waals surface area contributed by atoms with Crippen LogP contribution < -0.4 is 0 Å². The van der Waals surface area contributed by atoms with Crippen molar-refractivity contribution in [3.05, 3.63) is 0 Å². The van der Waals surface area contributed by atoms with Crippen LogP contribution in [0, 0.1) is 11.8 Å². The van der Waals surface area contributed by atoms with E-state index in [1.54, 1.807) is 0 Å². The molecule has 102 valence electrons. The largest absolute Gasteiger partial charge is 0.379 e. The monoisotopic (exact) mass is 252 g/mol. The van der Waals surface area contributed by atoms with Gasteiger partial charge in [-0.25, -0.2) is 0 Å². The highest BCUT2D eigenvalue weighted by Crippen LogP contribution is 2.32. The maximum absolute atomic E-state index is 12.5. The van der Waals surface area contributed by atoms with Gasteiger partial charge in [0.25, 0.3) is 0 Å². The molecule has 3 rings (SSSR count). The fourth-order valence-corrected chi connectivity index (χ4v) is 3.50. The van der Waals surface area contributed by atoms with Crippen LogP contribution in [0.5, 0.6) is 0 Å². The third-order valence-corrected chi connectivity index (χ3v) is 4.84. The highest BCUT2D eigenvalue weighted by molar-refractivity contribution is 5.80. The number of amides is 1. The SMILES string of the molecule is CN1CC[C@@H]2[C@@H](COCCN2C(=O)C2CCC2)C1. The van der Waals surface area contributed by atoms with Crippen LogP contribution in [0.15, 0.2) is 0 Å². The summed E-state index contributed by atoms with van der Waals surface area (Å²) in [4.78, 5) is 17.1. The van der Waals surface area contributed by atoms with Gasteiger partial charge in [-0.15, -0.1) is 0 Å². The molecule has 4 heteroatoms. The zero-order chi connectivity index (χ0) is 12.5. The number of hydrogen-bond acceptors (Lipinski definition) is 3. The van der Waals surface area contributed by atoms with Crippen molar-refractivity contribution < 1.29 is 9.53 Å². The lowest BCUT2D eigenvalue weighted by Gasteiger charge is -2.43. The van der Waals surface area contributed by atoms with Crippen molar-refractivity contribution in [3.8, 4) is 0 Å². The van der Waals surface area contributed by atoms with Crippen LogP contribution in [0.4, 0.5) is 0 Å². The van der Waals surface area contributed by atoms with Gasteiger partial charge in [-0.1, -0.05) is 6.42 Å². The van der Waals surface area contributed by atoms with E-state index in [-0.39, 0.29) is 0 Å². The summed E-state index contributed by atoms with van der Waals surface area (Å²) in [5.74, 6) is 1.24. The summed E-state index contributed by atoms with van der Waals surface area (Å²) in [6.45, 7) is 4.52. The summed E-state index contributed by atoms with van der Waals surface area (Å²) < 4.78 is 5.70. The molecule has 3 fully saturated rings. The maximum Gasteiger partial charge on any atom is 0.226 e. The van der Waals surface area contributed by atoms with Crippen molar-refractivity contribution in [2.75, 3.05) is 39.9 Å². The van der Waals surface area contributed by atoms with E-state index in [9.17, 15) is 4.79 Å². The lowest BCUT2D eigenvalue weighted by Crippen LogP contribution is -2.54. The molecule has 0 bridgehead atoms. The third kappa shape index (κ3) is 2.28. The van der Waals surface area contributed by atoms with Crippen LogP contribution in [-0.2, 0) is 9.53 Å². The van der Waals surface area contributed by atoms with E-state index in [1.807, 2.05) is 0 Å². The molecule has 0 spiro atoms. The van der Waals surface area contributed by atoms with Gasteiger partial charge in [-0.05, 0) is 32.9 Å². The van der Waals surface area contributed by atoms with E-state index in [1.165, 1.54) is 6.42 Å². The van der Waals surface area contributed by atoms with Gasteiger partial charge in [-0.3, -0.25) is 4.79 Å². The Morgan fingerprint density at radius 1 is 1.22 bits per heavy atom. The predicted molar refractivity (Wildman–Crippen MR) is 69.3 cm³/mol. The first kappa shape index (κ1) is 12.4. The van der Waals surface area contributed by atoms with E-state index in [2.05, 4.69) is 16.8 Å². The predicted octanol–water partition coefficient (Wildman–Crippen LogP) is 0.966. The van der Waals surface area contributed by atoms with Gasteiger partial charge in [0.15, 0.2) is 0 Å². The van der Waals surface area contributed by atoms with Crippen molar-refractivity contribution >= 4 is 5.91 Å². The fraction of sp³-hybridized carbons (Fsp3) is 0.929. The number of carbonyl (C=O) groups excluding carboxylic acids is 1. The Labute approximate surface area is 109 Å². The minimum absolute atomic E-state index is 0.323. The van der Waals surface area contributed by atoms with Gasteiger partial charge < -0.3 is 14.5 Å². The molecule has 1 amide bonds. The van der Waals surface area contributed by atoms with Crippen LogP contribution in [0.1, 0.15) is 25.7 Å². The molecule has 2 saturated heterocycles. The quantitative estimate of drug-likeness (QED) is 0.697. The van der Waals surface area contributed by atoms with Gasteiger partial charge in [0, 0.05) is 31.0 Å². The second-order valence-electron chi connectivity index (χ2n) is 6.11. The maximum atomic E-state index is 12.5. The number of likely N-dealkylation sites (tertiary alicyclic amines) is 1. The molecular weight excluding hydrogens is 228 g/mol. The zero-order valence-corrected chi connectivity index (χ0v) is 11.3. The van der Waals surface area contributed by atoms with Crippen molar-refractivity contribution in [1.29, 1.82) is 0 Å². The Morgan fingerprint density at radius 3 is 2.78 bits per heavy atom. The standard InChI is InChI=1S/C14H24N2O2/c1-15-6-5-13-12(9-15)10-18-8-7-16(13)14(17)11-3-2-4-11/h11-13H,2-10H2,1H3/t12-,13-/m1/s1. The highest BCUT2D eigenvalue weighted by Gasteiger charge is 2.39. The van der Waals surface area contributed by atoms with Gasteiger partial charge in [0.2, 0.25) is 5.91 Å². The van der Waals surface area contributed by atoms with Crippen LogP contribution in [-0.4, -0.2) is 61.6 Å². The molecule has 0 aromatic rings. The summed E-state index contributed by atoms with van der Waals surface area (Å²) in [7, 11) is 2.17. The smallest absolute Gasteiger partial charge is 0.226 e. The van der Waals surface area contributed by atoms with Crippen LogP contribution in [0.2, 0.25) is 0 Å². The first-order valence-corrected chi connectivity index (χ1v) is 7.32. The first-order chi connectivity index (χ1) is 8.75. The van der Waals surface area contributed by atoms with E-state index in [0.29, 0.717) is 23.8 Å². The zero-order valence-electron chi connectivity index (χ0n) is 11.3. The molecule has 0 aromatic heterocycles. The Kier molecular flexibility index (Phi) is 3.57. The summed E-state index contributed by atoms with van der Waals surface area (Å²) in [6, 6.07) is 0.428. The molecule has 0 N–H and O–H groups in total. The average molecular weight is 252 g/mol. The van der Waals surface area contributed by atoms with Gasteiger partial charge in [-0.2, -0.15) is 0 Å². The van der Waals surface area contributed by atoms with Gasteiger partial charge in [0.1, 0.15) is 0 Å². The molecule has 0 aromatic carbocycles. The van der Waals surface area contributed by atoms with Crippen LogP contribution in [0.3, 0.4) is 0 Å². The molecule has 18 heavy (non-hydrogen) atoms. The van der Waals surface area contributed by atoms with E-state index < -0.39 is 0 Å². The number of fused-ring (bicyclic) bond motifs is 1. The molecule has 0 radical (unpaired) electrons. The van der Waals surface area contributed by atoms with Crippen molar-refractivity contribution in [2.45, 2.75) is 31.7 Å². The summed E-state index contributed by atoms with van der Waals surface area (Å²) in [5, 5.41) is 0. The molecule has 0 unspecified atom stereocenters. The molecule has 2 heterocycles. The van der Waals surface area contributed by atoms with E-state index >= 15 is 0 Å². The van der Waals surface area contributed by atoms with Crippen LogP contribution >= 0.6 is 0 Å². The lowest BCUT2D eigenvalue weighted by molar-refractivity contribution is -0.142. The summed E-state index contributed by atoms with van der Waals surface area (Å²) in [6.07, 6.45) is 4.56. The molecule has 1 aliphatic carbocycles. The third-order valence-electron chi connectivity index (χ3n) is 4.84.